The highest BCUT2D eigenvalue weighted by Gasteiger charge is 2.04. The number of carbonyl (C=O) groups is 1. The lowest BCUT2D eigenvalue weighted by Gasteiger charge is -2.07. The van der Waals surface area contributed by atoms with Crippen molar-refractivity contribution >= 4 is 17.7 Å². The maximum absolute atomic E-state index is 12.1. The third-order valence-corrected chi connectivity index (χ3v) is 3.97. The first-order valence-electron chi connectivity index (χ1n) is 8.89. The number of hydrogen-bond donors (Lipinski definition) is 1. The maximum atomic E-state index is 12.1. The molecule has 0 aliphatic carbocycles. The highest BCUT2D eigenvalue weighted by Crippen LogP contribution is 2.22. The number of rotatable bonds is 6. The second-order valence-electron chi connectivity index (χ2n) is 6.04. The molecule has 0 aliphatic heterocycles. The first-order valence-corrected chi connectivity index (χ1v) is 8.89. The average molecular weight is 383 g/mol. The first kappa shape index (κ1) is 18.1. The molecule has 142 valence electrons. The van der Waals surface area contributed by atoms with Crippen LogP contribution in [0.15, 0.2) is 91.8 Å². The van der Waals surface area contributed by atoms with Gasteiger partial charge >= 0.3 is 0 Å². The fourth-order valence-corrected chi connectivity index (χ4v) is 2.57. The van der Waals surface area contributed by atoms with Crippen LogP contribution in [0.5, 0.6) is 11.6 Å². The van der Waals surface area contributed by atoms with E-state index >= 15 is 0 Å². The summed E-state index contributed by atoms with van der Waals surface area (Å²) in [4.78, 5) is 24.4. The van der Waals surface area contributed by atoms with Gasteiger partial charge in [0, 0.05) is 30.2 Å². The predicted molar refractivity (Wildman–Crippen MR) is 110 cm³/mol. The van der Waals surface area contributed by atoms with Crippen LogP contribution in [0.3, 0.4) is 0 Å². The van der Waals surface area contributed by atoms with E-state index in [1.54, 1.807) is 59.7 Å². The van der Waals surface area contributed by atoms with Crippen LogP contribution in [-0.4, -0.2) is 25.4 Å². The van der Waals surface area contributed by atoms with Crippen LogP contribution >= 0.6 is 0 Å². The molecular weight excluding hydrogens is 366 g/mol. The van der Waals surface area contributed by atoms with E-state index < -0.39 is 0 Å². The Morgan fingerprint density at radius 3 is 2.62 bits per heavy atom. The molecule has 2 heterocycles. The van der Waals surface area contributed by atoms with E-state index in [2.05, 4.69) is 20.3 Å². The molecule has 1 N–H and O–H groups in total. The first-order chi connectivity index (χ1) is 14.3. The zero-order chi connectivity index (χ0) is 19.9. The molecule has 0 saturated carbocycles. The molecule has 4 rings (SSSR count). The van der Waals surface area contributed by atoms with Gasteiger partial charge in [-0.15, -0.1) is 0 Å². The van der Waals surface area contributed by atoms with Gasteiger partial charge in [-0.1, -0.05) is 30.3 Å². The highest BCUT2D eigenvalue weighted by atomic mass is 16.5. The summed E-state index contributed by atoms with van der Waals surface area (Å²) in [5.74, 6) is 1.45. The van der Waals surface area contributed by atoms with E-state index in [9.17, 15) is 4.79 Å². The van der Waals surface area contributed by atoms with Crippen LogP contribution in [0.25, 0.3) is 11.9 Å². The lowest BCUT2D eigenvalue weighted by Crippen LogP contribution is -2.07. The summed E-state index contributed by atoms with van der Waals surface area (Å²) >= 11 is 0. The zero-order valence-corrected chi connectivity index (χ0v) is 15.3. The van der Waals surface area contributed by atoms with Crippen LogP contribution in [0.2, 0.25) is 0 Å². The quantitative estimate of drug-likeness (QED) is 0.507. The summed E-state index contributed by atoms with van der Waals surface area (Å²) in [6.07, 6.45) is 9.80. The Bertz CT molecular complexity index is 1110. The normalized spacial score (nSPS) is 10.8. The fourth-order valence-electron chi connectivity index (χ4n) is 2.57. The van der Waals surface area contributed by atoms with E-state index in [4.69, 9.17) is 4.74 Å². The van der Waals surface area contributed by atoms with Gasteiger partial charge in [0.1, 0.15) is 24.2 Å². The molecule has 0 spiro atoms. The van der Waals surface area contributed by atoms with Crippen molar-refractivity contribution in [3.05, 3.63) is 97.4 Å². The molecule has 2 aromatic carbocycles. The molecule has 4 aromatic rings. The number of ether oxygens (including phenoxy) is 1. The molecule has 0 unspecified atom stereocenters. The Balaban J connectivity index is 1.37. The molecule has 0 atom stereocenters. The van der Waals surface area contributed by atoms with E-state index in [1.807, 2.05) is 30.3 Å². The van der Waals surface area contributed by atoms with Gasteiger partial charge in [0.15, 0.2) is 0 Å². The molecular formula is C22H17N5O2. The van der Waals surface area contributed by atoms with E-state index in [0.717, 1.165) is 5.56 Å². The Kier molecular flexibility index (Phi) is 5.39. The lowest BCUT2D eigenvalue weighted by molar-refractivity contribution is -0.111. The number of anilines is 1. The smallest absolute Gasteiger partial charge is 0.248 e. The summed E-state index contributed by atoms with van der Waals surface area (Å²) in [5, 5.41) is 2.81. The number of amides is 1. The summed E-state index contributed by atoms with van der Waals surface area (Å²) in [7, 11) is 0. The number of nitrogens with zero attached hydrogens (tertiary/aromatic N) is 4. The zero-order valence-electron chi connectivity index (χ0n) is 15.3. The second kappa shape index (κ2) is 8.62. The molecule has 0 fully saturated rings. The van der Waals surface area contributed by atoms with Gasteiger partial charge in [0.2, 0.25) is 11.8 Å². The number of aromatic nitrogens is 4. The Morgan fingerprint density at radius 1 is 1.03 bits per heavy atom. The van der Waals surface area contributed by atoms with Crippen molar-refractivity contribution in [1.82, 2.24) is 19.5 Å². The molecule has 0 aliphatic rings. The SMILES string of the molecule is O=C(/C=C/c1ccccc1)Nc1ccc(Oc2cc(-n3ccnc3)ncn2)cc1. The van der Waals surface area contributed by atoms with Gasteiger partial charge in [-0.25, -0.2) is 15.0 Å². The molecule has 1 amide bonds. The molecule has 0 bridgehead atoms. The maximum Gasteiger partial charge on any atom is 0.248 e. The van der Waals surface area contributed by atoms with Gasteiger partial charge in [-0.2, -0.15) is 0 Å². The third-order valence-electron chi connectivity index (χ3n) is 3.97. The van der Waals surface area contributed by atoms with Gasteiger partial charge in [0.05, 0.1) is 0 Å². The van der Waals surface area contributed by atoms with Crippen molar-refractivity contribution in [2.45, 2.75) is 0 Å². The summed E-state index contributed by atoms with van der Waals surface area (Å²) in [6, 6.07) is 18.4. The number of benzene rings is 2. The van der Waals surface area contributed by atoms with Crippen molar-refractivity contribution in [3.8, 4) is 17.4 Å². The Labute approximate surface area is 167 Å². The molecule has 0 radical (unpaired) electrons. The van der Waals surface area contributed by atoms with Gasteiger partial charge in [0.25, 0.3) is 0 Å². The second-order valence-corrected chi connectivity index (χ2v) is 6.04. The molecule has 2 aromatic heterocycles. The fraction of sp³-hybridized carbons (Fsp3) is 0. The number of carbonyl (C=O) groups excluding carboxylic acids is 1. The van der Waals surface area contributed by atoms with Crippen LogP contribution < -0.4 is 10.1 Å². The highest BCUT2D eigenvalue weighted by molar-refractivity contribution is 6.01. The average Bonchev–Trinajstić information content (AvgIpc) is 3.30. The Hall–Kier alpha value is -4.26. The van der Waals surface area contributed by atoms with Gasteiger partial charge < -0.3 is 10.1 Å². The number of hydrogen-bond acceptors (Lipinski definition) is 5. The van der Waals surface area contributed by atoms with E-state index in [1.165, 1.54) is 12.4 Å². The lowest BCUT2D eigenvalue weighted by atomic mass is 10.2. The number of nitrogens with one attached hydrogen (secondary N) is 1. The molecule has 29 heavy (non-hydrogen) atoms. The predicted octanol–water partition coefficient (Wildman–Crippen LogP) is 4.11. The summed E-state index contributed by atoms with van der Waals surface area (Å²) in [6.45, 7) is 0. The van der Waals surface area contributed by atoms with E-state index in [0.29, 0.717) is 23.1 Å². The summed E-state index contributed by atoms with van der Waals surface area (Å²) < 4.78 is 7.53. The van der Waals surface area contributed by atoms with Crippen molar-refractivity contribution in [2.75, 3.05) is 5.32 Å². The molecule has 0 saturated heterocycles. The molecule has 7 nitrogen and oxygen atoms in total. The monoisotopic (exact) mass is 383 g/mol. The number of imidazole rings is 1. The minimum absolute atomic E-state index is 0.205. The topological polar surface area (TPSA) is 81.9 Å². The van der Waals surface area contributed by atoms with Crippen molar-refractivity contribution < 1.29 is 9.53 Å². The third kappa shape index (κ3) is 4.92. The van der Waals surface area contributed by atoms with Crippen LogP contribution in [0, 0.1) is 0 Å². The van der Waals surface area contributed by atoms with Crippen molar-refractivity contribution in [1.29, 1.82) is 0 Å². The van der Waals surface area contributed by atoms with Crippen molar-refractivity contribution in [2.24, 2.45) is 0 Å². The van der Waals surface area contributed by atoms with Crippen LogP contribution in [-0.2, 0) is 4.79 Å². The van der Waals surface area contributed by atoms with Crippen LogP contribution in [0.4, 0.5) is 5.69 Å². The van der Waals surface area contributed by atoms with Crippen LogP contribution in [0.1, 0.15) is 5.56 Å². The minimum Gasteiger partial charge on any atom is -0.439 e. The summed E-state index contributed by atoms with van der Waals surface area (Å²) in [5.41, 5.74) is 1.63. The Morgan fingerprint density at radius 2 is 1.86 bits per heavy atom. The van der Waals surface area contributed by atoms with Crippen molar-refractivity contribution in [3.63, 3.8) is 0 Å². The minimum atomic E-state index is -0.205. The van der Waals surface area contributed by atoms with E-state index in [-0.39, 0.29) is 5.91 Å². The largest absolute Gasteiger partial charge is 0.439 e. The molecule has 7 heteroatoms. The standard InChI is InChI=1S/C22H17N5O2/c28-21(11-6-17-4-2-1-3-5-17)26-18-7-9-19(10-8-18)29-22-14-20(24-15-25-22)27-13-12-23-16-27/h1-16H,(H,26,28)/b11-6+. The van der Waals surface area contributed by atoms with Gasteiger partial charge in [-0.3, -0.25) is 9.36 Å². The van der Waals surface area contributed by atoms with Gasteiger partial charge in [-0.05, 0) is 35.9 Å².